The van der Waals surface area contributed by atoms with E-state index in [9.17, 15) is 0 Å². The molecule has 0 bridgehead atoms. The van der Waals surface area contributed by atoms with Gasteiger partial charge in [0, 0.05) is 19.6 Å². The second kappa shape index (κ2) is 10.2. The standard InChI is InChI=1S/C24H25NO2.ClH/c1-2-6-20(7-3-1)19-27-24-12-10-23(11-13-24)26-17-16-25-15-14-21-8-4-5-9-22(21)18-25;/h1-13H,14-19H2;1H/p-1. The Morgan fingerprint density at radius 2 is 1.36 bits per heavy atom. The summed E-state index contributed by atoms with van der Waals surface area (Å²) < 4.78 is 11.7. The van der Waals surface area contributed by atoms with Gasteiger partial charge in [0.15, 0.2) is 0 Å². The van der Waals surface area contributed by atoms with Crippen molar-refractivity contribution >= 4 is 0 Å². The number of ether oxygens (including phenoxy) is 2. The van der Waals surface area contributed by atoms with E-state index in [1.54, 1.807) is 0 Å². The molecule has 0 saturated heterocycles. The second-order valence-corrected chi connectivity index (χ2v) is 6.89. The molecule has 3 aromatic rings. The van der Waals surface area contributed by atoms with Crippen molar-refractivity contribution in [3.63, 3.8) is 0 Å². The van der Waals surface area contributed by atoms with Gasteiger partial charge in [0.25, 0.3) is 0 Å². The quantitative estimate of drug-likeness (QED) is 0.609. The van der Waals surface area contributed by atoms with E-state index in [2.05, 4.69) is 41.3 Å². The van der Waals surface area contributed by atoms with Crippen molar-refractivity contribution < 1.29 is 21.9 Å². The Kier molecular flexibility index (Phi) is 7.35. The van der Waals surface area contributed by atoms with Gasteiger partial charge in [0.2, 0.25) is 0 Å². The zero-order valence-electron chi connectivity index (χ0n) is 15.9. The smallest absolute Gasteiger partial charge is 0.120 e. The van der Waals surface area contributed by atoms with Crippen molar-refractivity contribution in [3.05, 3.63) is 95.6 Å². The van der Waals surface area contributed by atoms with E-state index in [1.165, 1.54) is 16.7 Å². The van der Waals surface area contributed by atoms with Gasteiger partial charge in [0.05, 0.1) is 0 Å². The van der Waals surface area contributed by atoms with Gasteiger partial charge in [-0.3, -0.25) is 4.90 Å². The Balaban J connectivity index is 0.00000225. The summed E-state index contributed by atoms with van der Waals surface area (Å²) in [6.45, 7) is 4.35. The first kappa shape index (κ1) is 20.2. The SMILES string of the molecule is [Cl-].c1ccc(COc2ccc(OCCN3CCc4ccccc4C3)cc2)cc1. The first-order valence-electron chi connectivity index (χ1n) is 9.55. The number of benzene rings is 3. The second-order valence-electron chi connectivity index (χ2n) is 6.89. The zero-order valence-corrected chi connectivity index (χ0v) is 16.6. The predicted molar refractivity (Wildman–Crippen MR) is 108 cm³/mol. The van der Waals surface area contributed by atoms with E-state index in [-0.39, 0.29) is 12.4 Å². The maximum absolute atomic E-state index is 5.92. The van der Waals surface area contributed by atoms with Crippen LogP contribution in [0.4, 0.5) is 0 Å². The van der Waals surface area contributed by atoms with E-state index in [4.69, 9.17) is 9.47 Å². The van der Waals surface area contributed by atoms with Crippen LogP contribution in [0.25, 0.3) is 0 Å². The number of hydrogen-bond donors (Lipinski definition) is 0. The van der Waals surface area contributed by atoms with Gasteiger partial charge in [-0.05, 0) is 47.4 Å². The van der Waals surface area contributed by atoms with Crippen LogP contribution in [0.5, 0.6) is 11.5 Å². The van der Waals surface area contributed by atoms with Crippen molar-refractivity contribution in [2.24, 2.45) is 0 Å². The molecule has 1 aliphatic rings. The summed E-state index contributed by atoms with van der Waals surface area (Å²) in [6.07, 6.45) is 1.13. The van der Waals surface area contributed by atoms with E-state index >= 15 is 0 Å². The molecule has 0 unspecified atom stereocenters. The summed E-state index contributed by atoms with van der Waals surface area (Å²) in [5, 5.41) is 0. The molecule has 0 saturated carbocycles. The molecular formula is C24H25ClNO2-. The van der Waals surface area contributed by atoms with E-state index in [1.807, 2.05) is 42.5 Å². The summed E-state index contributed by atoms with van der Waals surface area (Å²) >= 11 is 0. The highest BCUT2D eigenvalue weighted by atomic mass is 35.5. The molecule has 0 radical (unpaired) electrons. The van der Waals surface area contributed by atoms with E-state index in [0.717, 1.165) is 37.6 Å². The minimum Gasteiger partial charge on any atom is -1.00 e. The molecule has 0 spiro atoms. The molecule has 4 rings (SSSR count). The largest absolute Gasteiger partial charge is 1.00 e. The third-order valence-electron chi connectivity index (χ3n) is 4.96. The highest BCUT2D eigenvalue weighted by molar-refractivity contribution is 5.32. The van der Waals surface area contributed by atoms with Crippen LogP contribution in [0.3, 0.4) is 0 Å². The van der Waals surface area contributed by atoms with Gasteiger partial charge in [-0.2, -0.15) is 0 Å². The third-order valence-corrected chi connectivity index (χ3v) is 4.96. The van der Waals surface area contributed by atoms with Crippen molar-refractivity contribution in [2.75, 3.05) is 19.7 Å². The molecule has 0 amide bonds. The first-order valence-corrected chi connectivity index (χ1v) is 9.55. The van der Waals surface area contributed by atoms with Crippen LogP contribution < -0.4 is 21.9 Å². The molecule has 1 aliphatic heterocycles. The van der Waals surface area contributed by atoms with Crippen LogP contribution in [0.1, 0.15) is 16.7 Å². The monoisotopic (exact) mass is 394 g/mol. The summed E-state index contributed by atoms with van der Waals surface area (Å²) in [6, 6.07) is 26.8. The van der Waals surface area contributed by atoms with Gasteiger partial charge in [-0.25, -0.2) is 0 Å². The number of fused-ring (bicyclic) bond motifs is 1. The fraction of sp³-hybridized carbons (Fsp3) is 0.250. The van der Waals surface area contributed by atoms with Crippen molar-refractivity contribution in [3.8, 4) is 11.5 Å². The lowest BCUT2D eigenvalue weighted by molar-refractivity contribution is -0.00000626. The van der Waals surface area contributed by atoms with Gasteiger partial charge in [0.1, 0.15) is 24.7 Å². The van der Waals surface area contributed by atoms with Crippen LogP contribution in [0.15, 0.2) is 78.9 Å². The van der Waals surface area contributed by atoms with Gasteiger partial charge < -0.3 is 21.9 Å². The van der Waals surface area contributed by atoms with Crippen LogP contribution >= 0.6 is 0 Å². The zero-order chi connectivity index (χ0) is 18.3. The number of nitrogens with zero attached hydrogens (tertiary/aromatic N) is 1. The first-order chi connectivity index (χ1) is 13.4. The summed E-state index contributed by atoms with van der Waals surface area (Å²) in [4.78, 5) is 2.46. The van der Waals surface area contributed by atoms with Crippen molar-refractivity contribution in [1.82, 2.24) is 4.90 Å². The third kappa shape index (κ3) is 5.51. The summed E-state index contributed by atoms with van der Waals surface area (Å²) in [7, 11) is 0. The maximum atomic E-state index is 5.92. The molecule has 3 aromatic carbocycles. The van der Waals surface area contributed by atoms with Crippen molar-refractivity contribution in [1.29, 1.82) is 0 Å². The van der Waals surface area contributed by atoms with Gasteiger partial charge >= 0.3 is 0 Å². The van der Waals surface area contributed by atoms with Crippen LogP contribution in [-0.2, 0) is 19.6 Å². The lowest BCUT2D eigenvalue weighted by atomic mass is 10.0. The fourth-order valence-corrected chi connectivity index (χ4v) is 3.41. The summed E-state index contributed by atoms with van der Waals surface area (Å²) in [5.41, 5.74) is 4.10. The van der Waals surface area contributed by atoms with Crippen LogP contribution in [0, 0.1) is 0 Å². The topological polar surface area (TPSA) is 21.7 Å². The molecule has 0 aromatic heterocycles. The molecule has 0 N–H and O–H groups in total. The van der Waals surface area contributed by atoms with E-state index < -0.39 is 0 Å². The van der Waals surface area contributed by atoms with Crippen LogP contribution in [0.2, 0.25) is 0 Å². The maximum Gasteiger partial charge on any atom is 0.120 e. The average molecular weight is 395 g/mol. The number of halogens is 1. The number of rotatable bonds is 7. The Morgan fingerprint density at radius 3 is 2.11 bits per heavy atom. The lowest BCUT2D eigenvalue weighted by Gasteiger charge is -2.28. The van der Waals surface area contributed by atoms with Crippen LogP contribution in [-0.4, -0.2) is 24.6 Å². The minimum atomic E-state index is 0. The molecule has 4 heteroatoms. The molecular weight excluding hydrogens is 370 g/mol. The summed E-state index contributed by atoms with van der Waals surface area (Å²) in [5.74, 6) is 1.75. The molecule has 0 aliphatic carbocycles. The molecule has 146 valence electrons. The molecule has 0 atom stereocenters. The Hall–Kier alpha value is -2.49. The Labute approximate surface area is 173 Å². The molecule has 1 heterocycles. The average Bonchev–Trinajstić information content (AvgIpc) is 2.74. The van der Waals surface area contributed by atoms with Gasteiger partial charge in [-0.15, -0.1) is 0 Å². The highest BCUT2D eigenvalue weighted by Gasteiger charge is 2.15. The predicted octanol–water partition coefficient (Wildman–Crippen LogP) is 1.71. The Morgan fingerprint density at radius 1 is 0.714 bits per heavy atom. The fourth-order valence-electron chi connectivity index (χ4n) is 3.41. The molecule has 28 heavy (non-hydrogen) atoms. The lowest BCUT2D eigenvalue weighted by Crippen LogP contribution is -3.00. The molecule has 0 fully saturated rings. The molecule has 3 nitrogen and oxygen atoms in total. The highest BCUT2D eigenvalue weighted by Crippen LogP contribution is 2.20. The van der Waals surface area contributed by atoms with Gasteiger partial charge in [-0.1, -0.05) is 54.6 Å². The Bertz CT molecular complexity index is 852. The van der Waals surface area contributed by atoms with Crippen molar-refractivity contribution in [2.45, 2.75) is 19.6 Å². The normalized spacial score (nSPS) is 13.3. The van der Waals surface area contributed by atoms with E-state index in [0.29, 0.717) is 13.2 Å². The minimum absolute atomic E-state index is 0. The number of hydrogen-bond acceptors (Lipinski definition) is 3.